The van der Waals surface area contributed by atoms with Crippen LogP contribution in [0.3, 0.4) is 0 Å². The Labute approximate surface area is 127 Å². The molecule has 0 saturated heterocycles. The number of pyridine rings is 1. The normalized spacial score (nSPS) is 15.0. The molecule has 1 aliphatic rings. The lowest BCUT2D eigenvalue weighted by molar-refractivity contribution is -0.133. The summed E-state index contributed by atoms with van der Waals surface area (Å²) in [5.41, 5.74) is 6.90. The van der Waals surface area contributed by atoms with E-state index < -0.39 is 0 Å². The molecular weight excluding hydrogens is 262 g/mol. The first-order valence-electron chi connectivity index (χ1n) is 7.90. The Morgan fingerprint density at radius 2 is 2.19 bits per heavy atom. The van der Waals surface area contributed by atoms with E-state index in [1.165, 1.54) is 0 Å². The van der Waals surface area contributed by atoms with Crippen molar-refractivity contribution >= 4 is 5.91 Å². The van der Waals surface area contributed by atoms with Crippen molar-refractivity contribution in [3.8, 4) is 0 Å². The minimum atomic E-state index is 0.147. The summed E-state index contributed by atoms with van der Waals surface area (Å²) in [6.45, 7) is 5.75. The van der Waals surface area contributed by atoms with Gasteiger partial charge < -0.3 is 10.6 Å². The number of hydrogen-bond donors (Lipinski definition) is 1. The van der Waals surface area contributed by atoms with Crippen LogP contribution in [0.2, 0.25) is 0 Å². The van der Waals surface area contributed by atoms with Crippen LogP contribution >= 0.6 is 0 Å². The van der Waals surface area contributed by atoms with Gasteiger partial charge in [-0.25, -0.2) is 0 Å². The summed E-state index contributed by atoms with van der Waals surface area (Å²) in [6, 6.07) is 4.40. The maximum atomic E-state index is 12.6. The molecule has 0 atom stereocenters. The Bertz CT molecular complexity index is 454. The average Bonchev–Trinajstić information content (AvgIpc) is 3.28. The van der Waals surface area contributed by atoms with Crippen molar-refractivity contribution in [2.75, 3.05) is 6.54 Å². The number of hydrogen-bond acceptors (Lipinski definition) is 3. The zero-order valence-corrected chi connectivity index (χ0v) is 13.2. The fraction of sp³-hybridized carbons (Fsp3) is 0.647. The van der Waals surface area contributed by atoms with Gasteiger partial charge in [0.15, 0.2) is 0 Å². The molecule has 2 N–H and O–H groups in total. The molecule has 1 amide bonds. The van der Waals surface area contributed by atoms with E-state index in [1.54, 1.807) is 6.20 Å². The number of nitrogens with zero attached hydrogens (tertiary/aromatic N) is 2. The van der Waals surface area contributed by atoms with Crippen molar-refractivity contribution in [1.82, 2.24) is 9.88 Å². The first-order chi connectivity index (χ1) is 10.0. The van der Waals surface area contributed by atoms with E-state index in [2.05, 4.69) is 18.8 Å². The van der Waals surface area contributed by atoms with E-state index in [0.29, 0.717) is 25.6 Å². The molecule has 116 valence electrons. The second kappa shape index (κ2) is 7.03. The average molecular weight is 289 g/mol. The lowest BCUT2D eigenvalue weighted by Crippen LogP contribution is -2.33. The second-order valence-corrected chi connectivity index (χ2v) is 6.82. The maximum Gasteiger partial charge on any atom is 0.223 e. The van der Waals surface area contributed by atoms with Crippen molar-refractivity contribution in [2.45, 2.75) is 58.5 Å². The van der Waals surface area contributed by atoms with Gasteiger partial charge >= 0.3 is 0 Å². The van der Waals surface area contributed by atoms with Crippen molar-refractivity contribution in [1.29, 1.82) is 0 Å². The van der Waals surface area contributed by atoms with Crippen molar-refractivity contribution in [2.24, 2.45) is 11.1 Å². The standard InChI is InChI=1S/C17H27N3O/c1-17(2,9-10-18)8-7-16(21)20(15-5-6-15)13-14-4-3-11-19-12-14/h3-4,11-12,15H,5-10,13,18H2,1-2H3. The summed E-state index contributed by atoms with van der Waals surface area (Å²) in [4.78, 5) is 18.7. The van der Waals surface area contributed by atoms with E-state index in [1.807, 2.05) is 23.2 Å². The fourth-order valence-electron chi connectivity index (χ4n) is 2.60. The van der Waals surface area contributed by atoms with Crippen LogP contribution in [0.15, 0.2) is 24.5 Å². The Morgan fingerprint density at radius 3 is 2.76 bits per heavy atom. The maximum absolute atomic E-state index is 12.6. The van der Waals surface area contributed by atoms with Gasteiger partial charge in [0.25, 0.3) is 0 Å². The van der Waals surface area contributed by atoms with Crippen LogP contribution in [-0.2, 0) is 11.3 Å². The molecule has 1 aromatic heterocycles. The topological polar surface area (TPSA) is 59.2 Å². The summed E-state index contributed by atoms with van der Waals surface area (Å²) in [5, 5.41) is 0. The van der Waals surface area contributed by atoms with Gasteiger partial charge in [-0.2, -0.15) is 0 Å². The molecule has 0 unspecified atom stereocenters. The van der Waals surface area contributed by atoms with Crippen molar-refractivity contribution < 1.29 is 4.79 Å². The third-order valence-electron chi connectivity index (χ3n) is 4.22. The lowest BCUT2D eigenvalue weighted by Gasteiger charge is -2.27. The number of carbonyl (C=O) groups excluding carboxylic acids is 1. The van der Waals surface area contributed by atoms with Gasteiger partial charge in [0.05, 0.1) is 0 Å². The number of aromatic nitrogens is 1. The van der Waals surface area contributed by atoms with Gasteiger partial charge in [0.2, 0.25) is 5.91 Å². The third-order valence-corrected chi connectivity index (χ3v) is 4.22. The van der Waals surface area contributed by atoms with E-state index in [4.69, 9.17) is 5.73 Å². The highest BCUT2D eigenvalue weighted by Gasteiger charge is 2.33. The minimum absolute atomic E-state index is 0.147. The van der Waals surface area contributed by atoms with Gasteiger partial charge in [-0.05, 0) is 49.3 Å². The Kier molecular flexibility index (Phi) is 5.34. The molecule has 4 heteroatoms. The molecule has 1 aliphatic carbocycles. The number of amides is 1. The van der Waals surface area contributed by atoms with Gasteiger partial charge in [0.1, 0.15) is 0 Å². The van der Waals surface area contributed by atoms with Crippen LogP contribution in [0.25, 0.3) is 0 Å². The molecule has 0 spiro atoms. The third kappa shape index (κ3) is 5.12. The van der Waals surface area contributed by atoms with E-state index in [9.17, 15) is 4.79 Å². The van der Waals surface area contributed by atoms with E-state index in [0.717, 1.165) is 31.2 Å². The summed E-state index contributed by atoms with van der Waals surface area (Å²) < 4.78 is 0. The SMILES string of the molecule is CC(C)(CCN)CCC(=O)N(Cc1cccnc1)C1CC1. The first kappa shape index (κ1) is 16.0. The van der Waals surface area contributed by atoms with Crippen LogP contribution in [-0.4, -0.2) is 28.4 Å². The fourth-order valence-corrected chi connectivity index (χ4v) is 2.60. The summed E-state index contributed by atoms with van der Waals surface area (Å²) in [7, 11) is 0. The highest BCUT2D eigenvalue weighted by atomic mass is 16.2. The Hall–Kier alpha value is -1.42. The molecule has 2 rings (SSSR count). The van der Waals surface area contributed by atoms with E-state index >= 15 is 0 Å². The molecular formula is C17H27N3O. The Morgan fingerprint density at radius 1 is 1.43 bits per heavy atom. The zero-order valence-electron chi connectivity index (χ0n) is 13.2. The van der Waals surface area contributed by atoms with Crippen LogP contribution in [0, 0.1) is 5.41 Å². The molecule has 1 fully saturated rings. The van der Waals surface area contributed by atoms with Crippen molar-refractivity contribution in [3.63, 3.8) is 0 Å². The monoisotopic (exact) mass is 289 g/mol. The van der Waals surface area contributed by atoms with Gasteiger partial charge in [-0.15, -0.1) is 0 Å². The molecule has 21 heavy (non-hydrogen) atoms. The van der Waals surface area contributed by atoms with Crippen LogP contribution < -0.4 is 5.73 Å². The molecule has 0 aromatic carbocycles. The Balaban J connectivity index is 1.91. The molecule has 1 aromatic rings. The van der Waals surface area contributed by atoms with Gasteiger partial charge in [0, 0.05) is 31.4 Å². The smallest absolute Gasteiger partial charge is 0.223 e. The van der Waals surface area contributed by atoms with E-state index in [-0.39, 0.29) is 11.3 Å². The zero-order chi connectivity index (χ0) is 15.3. The molecule has 4 nitrogen and oxygen atoms in total. The van der Waals surface area contributed by atoms with Gasteiger partial charge in [-0.1, -0.05) is 19.9 Å². The largest absolute Gasteiger partial charge is 0.335 e. The predicted molar refractivity (Wildman–Crippen MR) is 84.5 cm³/mol. The molecule has 1 heterocycles. The summed E-state index contributed by atoms with van der Waals surface area (Å²) >= 11 is 0. The van der Waals surface area contributed by atoms with Crippen LogP contribution in [0.5, 0.6) is 0 Å². The molecule has 0 bridgehead atoms. The number of nitrogens with two attached hydrogens (primary N) is 1. The molecule has 0 radical (unpaired) electrons. The summed E-state index contributed by atoms with van der Waals surface area (Å²) in [6.07, 6.45) is 8.37. The van der Waals surface area contributed by atoms with Crippen molar-refractivity contribution in [3.05, 3.63) is 30.1 Å². The highest BCUT2D eigenvalue weighted by Crippen LogP contribution is 2.31. The van der Waals surface area contributed by atoms with Crippen LogP contribution in [0.1, 0.15) is 51.5 Å². The first-order valence-corrected chi connectivity index (χ1v) is 7.90. The quantitative estimate of drug-likeness (QED) is 0.800. The van der Waals surface area contributed by atoms with Gasteiger partial charge in [-0.3, -0.25) is 9.78 Å². The number of rotatable bonds is 8. The summed E-state index contributed by atoms with van der Waals surface area (Å²) in [5.74, 6) is 0.270. The second-order valence-electron chi connectivity index (χ2n) is 6.82. The molecule has 0 aliphatic heterocycles. The van der Waals surface area contributed by atoms with Crippen LogP contribution in [0.4, 0.5) is 0 Å². The predicted octanol–water partition coefficient (Wildman–Crippen LogP) is 2.73. The number of carbonyl (C=O) groups is 1. The highest BCUT2D eigenvalue weighted by molar-refractivity contribution is 5.77. The molecule has 1 saturated carbocycles. The lowest BCUT2D eigenvalue weighted by atomic mass is 9.84. The minimum Gasteiger partial charge on any atom is -0.335 e.